The van der Waals surface area contributed by atoms with E-state index in [4.69, 9.17) is 4.74 Å². The zero-order chi connectivity index (χ0) is 10.7. The molecule has 1 aliphatic carbocycles. The number of ether oxygens (including phenoxy) is 1. The van der Waals surface area contributed by atoms with Crippen molar-refractivity contribution >= 4 is 5.78 Å². The van der Waals surface area contributed by atoms with Gasteiger partial charge in [-0.25, -0.2) is 4.98 Å². The Morgan fingerprint density at radius 1 is 1.53 bits per heavy atom. The number of ketones is 1. The molecule has 3 nitrogen and oxygen atoms in total. The summed E-state index contributed by atoms with van der Waals surface area (Å²) >= 11 is 0. The van der Waals surface area contributed by atoms with Gasteiger partial charge >= 0.3 is 0 Å². The Morgan fingerprint density at radius 3 is 2.80 bits per heavy atom. The first kappa shape index (κ1) is 10.1. The second-order valence-corrected chi connectivity index (χ2v) is 4.05. The molecule has 0 spiro atoms. The van der Waals surface area contributed by atoms with Gasteiger partial charge < -0.3 is 4.74 Å². The predicted molar refractivity (Wildman–Crippen MR) is 57.1 cm³/mol. The molecule has 1 heterocycles. The van der Waals surface area contributed by atoms with E-state index in [2.05, 4.69) is 4.98 Å². The molecule has 1 aliphatic rings. The highest BCUT2D eigenvalue weighted by Gasteiger charge is 2.17. The molecule has 1 aromatic heterocycles. The smallest absolute Gasteiger partial charge is 0.213 e. The highest BCUT2D eigenvalue weighted by molar-refractivity contribution is 5.93. The first-order valence-corrected chi connectivity index (χ1v) is 5.35. The number of nitrogens with zero attached hydrogens (tertiary/aromatic N) is 1. The third-order valence-electron chi connectivity index (χ3n) is 2.83. The Balaban J connectivity index is 1.88. The van der Waals surface area contributed by atoms with Gasteiger partial charge in [-0.1, -0.05) is 6.42 Å². The molecule has 1 aromatic rings. The molecule has 0 bridgehead atoms. The minimum Gasteiger partial charge on any atom is -0.477 e. The van der Waals surface area contributed by atoms with Crippen LogP contribution in [0.4, 0.5) is 0 Å². The van der Waals surface area contributed by atoms with E-state index in [0.717, 1.165) is 6.61 Å². The highest BCUT2D eigenvalue weighted by atomic mass is 16.5. The molecule has 15 heavy (non-hydrogen) atoms. The summed E-state index contributed by atoms with van der Waals surface area (Å²) in [6, 6.07) is 3.51. The molecule has 0 N–H and O–H groups in total. The van der Waals surface area contributed by atoms with Gasteiger partial charge in [0, 0.05) is 17.8 Å². The summed E-state index contributed by atoms with van der Waals surface area (Å²) in [6.07, 6.45) is 5.43. The van der Waals surface area contributed by atoms with Crippen LogP contribution < -0.4 is 4.74 Å². The van der Waals surface area contributed by atoms with Crippen LogP contribution in [-0.4, -0.2) is 17.4 Å². The lowest BCUT2D eigenvalue weighted by Gasteiger charge is -2.24. The molecule has 0 aliphatic heterocycles. The summed E-state index contributed by atoms with van der Waals surface area (Å²) < 4.78 is 5.52. The van der Waals surface area contributed by atoms with Crippen molar-refractivity contribution in [1.82, 2.24) is 4.98 Å². The standard InChI is InChI=1S/C12H15NO2/c1-9(14)11-5-6-12(13-7-11)15-8-10-3-2-4-10/h5-7,10H,2-4,8H2,1H3. The first-order chi connectivity index (χ1) is 7.25. The number of hydrogen-bond acceptors (Lipinski definition) is 3. The average Bonchev–Trinajstić information content (AvgIpc) is 2.16. The van der Waals surface area contributed by atoms with Crippen molar-refractivity contribution in [3.63, 3.8) is 0 Å². The Labute approximate surface area is 89.5 Å². The van der Waals surface area contributed by atoms with E-state index in [-0.39, 0.29) is 5.78 Å². The number of rotatable bonds is 4. The van der Waals surface area contributed by atoms with Gasteiger partial charge in [-0.3, -0.25) is 4.79 Å². The number of carbonyl (C=O) groups excluding carboxylic acids is 1. The van der Waals surface area contributed by atoms with E-state index in [0.29, 0.717) is 17.4 Å². The maximum Gasteiger partial charge on any atom is 0.213 e. The summed E-state index contributed by atoms with van der Waals surface area (Å²) in [5, 5.41) is 0. The fourth-order valence-corrected chi connectivity index (χ4v) is 1.54. The van der Waals surface area contributed by atoms with E-state index < -0.39 is 0 Å². The average molecular weight is 205 g/mol. The van der Waals surface area contributed by atoms with E-state index in [9.17, 15) is 4.79 Å². The van der Waals surface area contributed by atoms with Crippen molar-refractivity contribution in [1.29, 1.82) is 0 Å². The maximum atomic E-state index is 11.0. The van der Waals surface area contributed by atoms with Crippen LogP contribution in [0.3, 0.4) is 0 Å². The SMILES string of the molecule is CC(=O)c1ccc(OCC2CCC2)nc1. The summed E-state index contributed by atoms with van der Waals surface area (Å²) in [7, 11) is 0. The molecule has 80 valence electrons. The Kier molecular flexibility index (Phi) is 2.99. The molecule has 0 atom stereocenters. The fraction of sp³-hybridized carbons (Fsp3) is 0.500. The van der Waals surface area contributed by atoms with Crippen molar-refractivity contribution in [2.24, 2.45) is 5.92 Å². The van der Waals surface area contributed by atoms with Gasteiger partial charge in [-0.05, 0) is 31.7 Å². The van der Waals surface area contributed by atoms with Gasteiger partial charge in [-0.15, -0.1) is 0 Å². The Hall–Kier alpha value is -1.38. The molecule has 0 radical (unpaired) electrons. The normalized spacial score (nSPS) is 15.8. The molecule has 0 saturated heterocycles. The Morgan fingerprint density at radius 2 is 2.33 bits per heavy atom. The largest absolute Gasteiger partial charge is 0.477 e. The van der Waals surface area contributed by atoms with E-state index in [1.807, 2.05) is 0 Å². The summed E-state index contributed by atoms with van der Waals surface area (Å²) in [5.74, 6) is 1.36. The molecular weight excluding hydrogens is 190 g/mol. The summed E-state index contributed by atoms with van der Waals surface area (Å²) in [6.45, 7) is 2.29. The van der Waals surface area contributed by atoms with E-state index >= 15 is 0 Å². The van der Waals surface area contributed by atoms with Crippen LogP contribution in [0, 0.1) is 5.92 Å². The van der Waals surface area contributed by atoms with Crippen LogP contribution in [0.15, 0.2) is 18.3 Å². The topological polar surface area (TPSA) is 39.2 Å². The van der Waals surface area contributed by atoms with Crippen LogP contribution in [0.5, 0.6) is 5.88 Å². The molecule has 3 heteroatoms. The molecular formula is C12H15NO2. The van der Waals surface area contributed by atoms with Crippen molar-refractivity contribution in [3.8, 4) is 5.88 Å². The number of carbonyl (C=O) groups is 1. The molecule has 0 aromatic carbocycles. The minimum absolute atomic E-state index is 0.0352. The zero-order valence-corrected chi connectivity index (χ0v) is 8.90. The van der Waals surface area contributed by atoms with E-state index in [1.54, 1.807) is 18.3 Å². The van der Waals surface area contributed by atoms with Gasteiger partial charge in [0.25, 0.3) is 0 Å². The maximum absolute atomic E-state index is 11.0. The molecule has 0 unspecified atom stereocenters. The number of aromatic nitrogens is 1. The van der Waals surface area contributed by atoms with Crippen LogP contribution in [-0.2, 0) is 0 Å². The monoisotopic (exact) mass is 205 g/mol. The van der Waals surface area contributed by atoms with Crippen LogP contribution in [0.1, 0.15) is 36.5 Å². The second kappa shape index (κ2) is 4.43. The third kappa shape index (κ3) is 2.55. The number of hydrogen-bond donors (Lipinski definition) is 0. The van der Waals surface area contributed by atoms with Gasteiger partial charge in [0.15, 0.2) is 5.78 Å². The quantitative estimate of drug-likeness (QED) is 0.709. The number of Topliss-reactive ketones (excluding diaryl/α,β-unsaturated/α-hetero) is 1. The minimum atomic E-state index is 0.0352. The zero-order valence-electron chi connectivity index (χ0n) is 8.90. The molecule has 2 rings (SSSR count). The first-order valence-electron chi connectivity index (χ1n) is 5.35. The van der Waals surface area contributed by atoms with Crippen LogP contribution in [0.2, 0.25) is 0 Å². The van der Waals surface area contributed by atoms with Gasteiger partial charge in [0.1, 0.15) is 0 Å². The summed E-state index contributed by atoms with van der Waals surface area (Å²) in [4.78, 5) is 15.1. The third-order valence-corrected chi connectivity index (χ3v) is 2.83. The molecule has 1 fully saturated rings. The highest BCUT2D eigenvalue weighted by Crippen LogP contribution is 2.26. The van der Waals surface area contributed by atoms with Crippen LogP contribution >= 0.6 is 0 Å². The lowest BCUT2D eigenvalue weighted by Crippen LogP contribution is -2.19. The van der Waals surface area contributed by atoms with E-state index in [1.165, 1.54) is 26.2 Å². The van der Waals surface area contributed by atoms with Crippen molar-refractivity contribution < 1.29 is 9.53 Å². The number of pyridine rings is 1. The molecule has 1 saturated carbocycles. The second-order valence-electron chi connectivity index (χ2n) is 4.05. The van der Waals surface area contributed by atoms with Crippen molar-refractivity contribution in [3.05, 3.63) is 23.9 Å². The summed E-state index contributed by atoms with van der Waals surface area (Å²) in [5.41, 5.74) is 0.631. The van der Waals surface area contributed by atoms with Gasteiger partial charge in [-0.2, -0.15) is 0 Å². The molecule has 0 amide bonds. The van der Waals surface area contributed by atoms with Crippen LogP contribution in [0.25, 0.3) is 0 Å². The predicted octanol–water partition coefficient (Wildman–Crippen LogP) is 2.46. The van der Waals surface area contributed by atoms with Crippen molar-refractivity contribution in [2.45, 2.75) is 26.2 Å². The Bertz CT molecular complexity index is 341. The van der Waals surface area contributed by atoms with Gasteiger partial charge in [0.05, 0.1) is 6.61 Å². The fourth-order valence-electron chi connectivity index (χ4n) is 1.54. The lowest BCUT2D eigenvalue weighted by atomic mass is 9.86. The van der Waals surface area contributed by atoms with Gasteiger partial charge in [0.2, 0.25) is 5.88 Å². The lowest BCUT2D eigenvalue weighted by molar-refractivity contribution is 0.101. The van der Waals surface area contributed by atoms with Crippen molar-refractivity contribution in [2.75, 3.05) is 6.61 Å².